The Kier molecular flexibility index (Phi) is 4.07. The van der Waals surface area contributed by atoms with E-state index in [0.717, 1.165) is 0 Å². The van der Waals surface area contributed by atoms with E-state index in [1.54, 1.807) is 13.8 Å². The molecule has 8 heteroatoms. The van der Waals surface area contributed by atoms with Crippen LogP contribution in [0.25, 0.3) is 0 Å². The maximum absolute atomic E-state index is 11.2. The van der Waals surface area contributed by atoms with Crippen LogP contribution in [0.1, 0.15) is 13.8 Å². The van der Waals surface area contributed by atoms with Gasteiger partial charge in [-0.25, -0.2) is 4.79 Å². The van der Waals surface area contributed by atoms with Gasteiger partial charge in [0.2, 0.25) is 0 Å². The summed E-state index contributed by atoms with van der Waals surface area (Å²) in [4.78, 5) is 29.6. The zero-order valence-corrected chi connectivity index (χ0v) is 10.6. The minimum atomic E-state index is -4.44. The van der Waals surface area contributed by atoms with E-state index in [1.807, 2.05) is 0 Å². The Balaban J connectivity index is 3.09. The number of carboxylic acid groups (broad SMARTS) is 1. The van der Waals surface area contributed by atoms with Crippen LogP contribution in [0.15, 0.2) is 10.3 Å². The summed E-state index contributed by atoms with van der Waals surface area (Å²) in [6.07, 6.45) is 0. The highest BCUT2D eigenvalue weighted by Crippen LogP contribution is 2.50. The topological polar surface area (TPSA) is 107 Å². The molecule has 6 nitrogen and oxygen atoms in total. The third-order valence-corrected chi connectivity index (χ3v) is 4.65. The largest absolute Gasteiger partial charge is 0.480 e. The van der Waals surface area contributed by atoms with E-state index in [1.165, 1.54) is 11.8 Å². The first kappa shape index (κ1) is 13.6. The maximum Gasteiger partial charge on any atom is 0.372 e. The molecule has 0 saturated carbocycles. The van der Waals surface area contributed by atoms with E-state index < -0.39 is 19.6 Å². The van der Waals surface area contributed by atoms with Gasteiger partial charge in [0.05, 0.1) is 0 Å². The minimum Gasteiger partial charge on any atom is -0.480 e. The average molecular weight is 267 g/mol. The Hall–Kier alpha value is -0.490. The van der Waals surface area contributed by atoms with Crippen molar-refractivity contribution in [1.29, 1.82) is 0 Å². The Labute approximate surface area is 97.3 Å². The summed E-state index contributed by atoms with van der Waals surface area (Å²) >= 11 is 1.19. The molecule has 0 saturated heterocycles. The lowest BCUT2D eigenvalue weighted by molar-refractivity contribution is -0.138. The maximum atomic E-state index is 11.2. The van der Waals surface area contributed by atoms with Gasteiger partial charge in [0.15, 0.2) is 0 Å². The van der Waals surface area contributed by atoms with Crippen LogP contribution in [0.3, 0.4) is 0 Å². The predicted octanol–water partition coefficient (Wildman–Crippen LogP) is 0.779. The summed E-state index contributed by atoms with van der Waals surface area (Å²) in [5, 5.41) is 11.2. The highest BCUT2D eigenvalue weighted by Gasteiger charge is 2.35. The molecular formula is C8H14NO5PS. The van der Waals surface area contributed by atoms with Gasteiger partial charge in [-0.15, -0.1) is 11.8 Å². The molecule has 16 heavy (non-hydrogen) atoms. The quantitative estimate of drug-likeness (QED) is 0.560. The van der Waals surface area contributed by atoms with E-state index >= 15 is 0 Å². The average Bonchev–Trinajstić information content (AvgIpc) is 2.15. The number of thioether (sulfide) groups is 1. The summed E-state index contributed by atoms with van der Waals surface area (Å²) in [5.41, 5.74) is -0.244. The second kappa shape index (κ2) is 4.79. The Morgan fingerprint density at radius 2 is 2.12 bits per heavy atom. The van der Waals surface area contributed by atoms with Crippen molar-refractivity contribution in [3.8, 4) is 0 Å². The first-order valence-electron chi connectivity index (χ1n) is 4.66. The molecule has 4 N–H and O–H groups in total. The van der Waals surface area contributed by atoms with Crippen LogP contribution in [-0.4, -0.2) is 32.7 Å². The molecule has 0 bridgehead atoms. The molecule has 92 valence electrons. The van der Waals surface area contributed by atoms with Crippen molar-refractivity contribution in [3.05, 3.63) is 10.3 Å². The van der Waals surface area contributed by atoms with Gasteiger partial charge in [-0.1, -0.05) is 13.8 Å². The predicted molar refractivity (Wildman–Crippen MR) is 60.9 cm³/mol. The smallest absolute Gasteiger partial charge is 0.372 e. The number of hydrogen-bond donors (Lipinski definition) is 4. The van der Waals surface area contributed by atoms with E-state index in [9.17, 15) is 9.36 Å². The molecule has 0 amide bonds. The highest BCUT2D eigenvalue weighted by atomic mass is 32.2. The lowest BCUT2D eigenvalue weighted by atomic mass is 10.2. The third-order valence-electron chi connectivity index (χ3n) is 2.06. The summed E-state index contributed by atoms with van der Waals surface area (Å²) in [5.74, 6) is -0.886. The van der Waals surface area contributed by atoms with Crippen molar-refractivity contribution in [2.45, 2.75) is 19.9 Å². The molecule has 1 aliphatic heterocycles. The number of aliphatic carboxylic acids is 1. The number of carbonyl (C=O) groups is 1. The van der Waals surface area contributed by atoms with Gasteiger partial charge < -0.3 is 20.2 Å². The van der Waals surface area contributed by atoms with Gasteiger partial charge in [0.1, 0.15) is 11.5 Å². The van der Waals surface area contributed by atoms with Crippen LogP contribution in [0, 0.1) is 5.92 Å². The molecular weight excluding hydrogens is 253 g/mol. The Morgan fingerprint density at radius 3 is 2.50 bits per heavy atom. The first-order valence-corrected chi connectivity index (χ1v) is 7.25. The minimum absolute atomic E-state index is 0.0464. The number of carboxylic acids is 1. The number of rotatable bonds is 3. The summed E-state index contributed by atoms with van der Waals surface area (Å²) in [6, 6.07) is -0.949. The standard InChI is InChI=1S/C8H14NO5PS/c1-4(2)6-7(15(12,13)14)9-5(3-16-6)8(10)11/h4-5,9H,3H2,1-2H3,(H,10,11)(H2,12,13,14)/t5-/m0/s1. The highest BCUT2D eigenvalue weighted by molar-refractivity contribution is 8.03. The lowest BCUT2D eigenvalue weighted by Gasteiger charge is -2.28. The second-order valence-corrected chi connectivity index (χ2v) is 6.35. The Bertz CT molecular complexity index is 375. The monoisotopic (exact) mass is 267 g/mol. The molecule has 0 radical (unpaired) electrons. The molecule has 0 spiro atoms. The van der Waals surface area contributed by atoms with Gasteiger partial charge >= 0.3 is 13.6 Å². The van der Waals surface area contributed by atoms with Crippen LogP contribution in [0.2, 0.25) is 0 Å². The second-order valence-electron chi connectivity index (χ2n) is 3.76. The summed E-state index contributed by atoms with van der Waals surface area (Å²) < 4.78 is 11.2. The fraction of sp³-hybridized carbons (Fsp3) is 0.625. The van der Waals surface area contributed by atoms with Crippen molar-refractivity contribution in [2.75, 3.05) is 5.75 Å². The van der Waals surface area contributed by atoms with E-state index in [-0.39, 0.29) is 17.1 Å². The molecule has 1 atom stereocenters. The van der Waals surface area contributed by atoms with Gasteiger partial charge in [-0.05, 0) is 5.92 Å². The molecule has 1 heterocycles. The van der Waals surface area contributed by atoms with Crippen LogP contribution in [-0.2, 0) is 9.36 Å². The summed E-state index contributed by atoms with van der Waals surface area (Å²) in [7, 11) is -4.44. The molecule has 0 aromatic heterocycles. The van der Waals surface area contributed by atoms with Crippen LogP contribution in [0.5, 0.6) is 0 Å². The molecule has 0 unspecified atom stereocenters. The van der Waals surface area contributed by atoms with Gasteiger partial charge in [0.25, 0.3) is 0 Å². The van der Waals surface area contributed by atoms with Crippen molar-refractivity contribution in [1.82, 2.24) is 5.32 Å². The SMILES string of the molecule is CC(C)C1=C(P(=O)(O)O)N[C@H](C(=O)O)CS1. The van der Waals surface area contributed by atoms with Gasteiger partial charge in [0, 0.05) is 10.7 Å². The zero-order valence-electron chi connectivity index (χ0n) is 8.88. The van der Waals surface area contributed by atoms with Crippen molar-refractivity contribution < 1.29 is 24.3 Å². The fourth-order valence-electron chi connectivity index (χ4n) is 1.32. The molecule has 0 aromatic carbocycles. The fourth-order valence-corrected chi connectivity index (χ4v) is 3.84. The lowest BCUT2D eigenvalue weighted by Crippen LogP contribution is -2.41. The Morgan fingerprint density at radius 1 is 1.56 bits per heavy atom. The van der Waals surface area contributed by atoms with E-state index in [0.29, 0.717) is 4.91 Å². The summed E-state index contributed by atoms with van der Waals surface area (Å²) in [6.45, 7) is 3.61. The number of allylic oxidation sites excluding steroid dienone is 1. The van der Waals surface area contributed by atoms with Crippen molar-refractivity contribution in [3.63, 3.8) is 0 Å². The number of hydrogen-bond acceptors (Lipinski definition) is 4. The number of nitrogens with one attached hydrogen (secondary N) is 1. The molecule has 0 aromatic rings. The van der Waals surface area contributed by atoms with Crippen LogP contribution < -0.4 is 5.32 Å². The van der Waals surface area contributed by atoms with Crippen LogP contribution >= 0.6 is 19.4 Å². The van der Waals surface area contributed by atoms with Crippen molar-refractivity contribution in [2.24, 2.45) is 5.92 Å². The molecule has 1 rings (SSSR count). The van der Waals surface area contributed by atoms with Crippen molar-refractivity contribution >= 4 is 25.3 Å². The molecule has 1 aliphatic rings. The van der Waals surface area contributed by atoms with Crippen LogP contribution in [0.4, 0.5) is 0 Å². The van der Waals surface area contributed by atoms with E-state index in [4.69, 9.17) is 14.9 Å². The first-order chi connectivity index (χ1) is 7.23. The molecule has 0 aliphatic carbocycles. The van der Waals surface area contributed by atoms with Gasteiger partial charge in [-0.2, -0.15) is 0 Å². The molecule has 0 fully saturated rings. The third kappa shape index (κ3) is 3.01. The van der Waals surface area contributed by atoms with E-state index in [2.05, 4.69) is 5.32 Å². The van der Waals surface area contributed by atoms with Gasteiger partial charge in [-0.3, -0.25) is 4.57 Å². The normalized spacial score (nSPS) is 22.2. The zero-order chi connectivity index (χ0) is 12.5.